The van der Waals surface area contributed by atoms with Gasteiger partial charge in [-0.25, -0.2) is 0 Å². The summed E-state index contributed by atoms with van der Waals surface area (Å²) in [6.45, 7) is 5.12. The molecule has 4 nitrogen and oxygen atoms in total. The van der Waals surface area contributed by atoms with E-state index in [4.69, 9.17) is 11.6 Å². The van der Waals surface area contributed by atoms with Crippen LogP contribution in [0.3, 0.4) is 0 Å². The number of benzene rings is 1. The molecule has 2 amide bonds. The molecule has 114 valence electrons. The number of carbonyl (C=O) groups is 2. The lowest BCUT2D eigenvalue weighted by atomic mass is 10.1. The number of likely N-dealkylation sites (tertiary alicyclic amines) is 1. The molecule has 0 atom stereocenters. The Kier molecular flexibility index (Phi) is 5.23. The molecule has 21 heavy (non-hydrogen) atoms. The van der Waals surface area contributed by atoms with Gasteiger partial charge < -0.3 is 10.2 Å². The molecule has 0 saturated carbocycles. The van der Waals surface area contributed by atoms with Crippen LogP contribution in [0.1, 0.15) is 36.8 Å². The van der Waals surface area contributed by atoms with Crippen LogP contribution in [0.25, 0.3) is 0 Å². The van der Waals surface area contributed by atoms with E-state index < -0.39 is 11.8 Å². The molecule has 0 spiro atoms. The van der Waals surface area contributed by atoms with Crippen molar-refractivity contribution in [2.45, 2.75) is 39.5 Å². The van der Waals surface area contributed by atoms with Gasteiger partial charge in [0.15, 0.2) is 0 Å². The number of amides is 2. The number of aryl methyl sites for hydroxylation is 2. The van der Waals surface area contributed by atoms with Crippen LogP contribution in [0, 0.1) is 13.8 Å². The predicted molar refractivity (Wildman–Crippen MR) is 84.6 cm³/mol. The first kappa shape index (κ1) is 15.8. The summed E-state index contributed by atoms with van der Waals surface area (Å²) in [6.07, 6.45) is 4.16. The van der Waals surface area contributed by atoms with Crippen LogP contribution in [-0.4, -0.2) is 29.8 Å². The van der Waals surface area contributed by atoms with Crippen molar-refractivity contribution in [2.24, 2.45) is 0 Å². The van der Waals surface area contributed by atoms with Crippen LogP contribution in [0.2, 0.25) is 5.02 Å². The van der Waals surface area contributed by atoms with Crippen LogP contribution in [-0.2, 0) is 9.59 Å². The molecular formula is C16H21ClN2O2. The summed E-state index contributed by atoms with van der Waals surface area (Å²) in [7, 11) is 0. The molecule has 1 fully saturated rings. The fourth-order valence-corrected chi connectivity index (χ4v) is 3.03. The topological polar surface area (TPSA) is 49.4 Å². The van der Waals surface area contributed by atoms with Crippen molar-refractivity contribution in [1.82, 2.24) is 4.90 Å². The molecule has 1 aliphatic heterocycles. The third-order valence-electron chi connectivity index (χ3n) is 3.76. The molecule has 1 aromatic carbocycles. The van der Waals surface area contributed by atoms with Crippen LogP contribution in [0.4, 0.5) is 5.69 Å². The SMILES string of the molecule is Cc1cc(C)c(NC(=O)C(=O)N2CCCCCC2)c(Cl)c1. The van der Waals surface area contributed by atoms with E-state index in [1.165, 1.54) is 0 Å². The maximum atomic E-state index is 12.2. The molecule has 1 heterocycles. The van der Waals surface area contributed by atoms with Gasteiger partial charge in [0.05, 0.1) is 10.7 Å². The Morgan fingerprint density at radius 2 is 1.71 bits per heavy atom. The van der Waals surface area contributed by atoms with Gasteiger partial charge in [-0.2, -0.15) is 0 Å². The number of rotatable bonds is 1. The maximum absolute atomic E-state index is 12.2. The number of hydrogen-bond acceptors (Lipinski definition) is 2. The number of halogens is 1. The second-order valence-corrected chi connectivity index (χ2v) is 6.01. The fraction of sp³-hybridized carbons (Fsp3) is 0.500. The normalized spacial score (nSPS) is 15.5. The Morgan fingerprint density at radius 3 is 2.29 bits per heavy atom. The Labute approximate surface area is 130 Å². The molecule has 1 aliphatic rings. The first-order valence-electron chi connectivity index (χ1n) is 7.36. The number of nitrogens with zero attached hydrogens (tertiary/aromatic N) is 1. The molecule has 1 saturated heterocycles. The summed E-state index contributed by atoms with van der Waals surface area (Å²) < 4.78 is 0. The molecule has 2 rings (SSSR count). The van der Waals surface area contributed by atoms with Crippen molar-refractivity contribution in [1.29, 1.82) is 0 Å². The lowest BCUT2D eigenvalue weighted by Crippen LogP contribution is -2.40. The minimum Gasteiger partial charge on any atom is -0.334 e. The molecule has 0 bridgehead atoms. The van der Waals surface area contributed by atoms with Gasteiger partial charge in [0.25, 0.3) is 0 Å². The van der Waals surface area contributed by atoms with Crippen LogP contribution < -0.4 is 5.32 Å². The van der Waals surface area contributed by atoms with Gasteiger partial charge in [0, 0.05) is 13.1 Å². The Hall–Kier alpha value is -1.55. The van der Waals surface area contributed by atoms with Crippen LogP contribution >= 0.6 is 11.6 Å². The first-order valence-corrected chi connectivity index (χ1v) is 7.74. The highest BCUT2D eigenvalue weighted by atomic mass is 35.5. The van der Waals surface area contributed by atoms with Crippen molar-refractivity contribution < 1.29 is 9.59 Å². The van der Waals surface area contributed by atoms with E-state index in [0.717, 1.165) is 36.8 Å². The highest BCUT2D eigenvalue weighted by molar-refractivity contribution is 6.41. The second-order valence-electron chi connectivity index (χ2n) is 5.60. The zero-order valence-electron chi connectivity index (χ0n) is 12.5. The maximum Gasteiger partial charge on any atom is 0.313 e. The van der Waals surface area contributed by atoms with Gasteiger partial charge >= 0.3 is 11.8 Å². The van der Waals surface area contributed by atoms with Gasteiger partial charge in [-0.05, 0) is 43.9 Å². The largest absolute Gasteiger partial charge is 0.334 e. The molecule has 0 aromatic heterocycles. The van der Waals surface area contributed by atoms with Crippen LogP contribution in [0.15, 0.2) is 12.1 Å². The van der Waals surface area contributed by atoms with Crippen molar-refractivity contribution in [3.8, 4) is 0 Å². The second kappa shape index (κ2) is 6.94. The number of hydrogen-bond donors (Lipinski definition) is 1. The summed E-state index contributed by atoms with van der Waals surface area (Å²) in [5.41, 5.74) is 2.40. The van der Waals surface area contributed by atoms with Crippen molar-refractivity contribution in [3.05, 3.63) is 28.3 Å². The monoisotopic (exact) mass is 308 g/mol. The molecule has 0 unspecified atom stereocenters. The molecule has 5 heteroatoms. The number of anilines is 1. The highest BCUT2D eigenvalue weighted by Crippen LogP contribution is 2.27. The zero-order chi connectivity index (χ0) is 15.4. The summed E-state index contributed by atoms with van der Waals surface area (Å²) >= 11 is 6.16. The molecule has 0 radical (unpaired) electrons. The minimum absolute atomic E-state index is 0.463. The molecule has 1 N–H and O–H groups in total. The van der Waals surface area contributed by atoms with Crippen molar-refractivity contribution >= 4 is 29.1 Å². The quantitative estimate of drug-likeness (QED) is 0.809. The fourth-order valence-electron chi connectivity index (χ4n) is 2.66. The van der Waals surface area contributed by atoms with Crippen LogP contribution in [0.5, 0.6) is 0 Å². The first-order chi connectivity index (χ1) is 9.99. The Balaban J connectivity index is 2.08. The van der Waals surface area contributed by atoms with E-state index in [1.807, 2.05) is 19.9 Å². The Bertz CT molecular complexity index is 526. The zero-order valence-corrected chi connectivity index (χ0v) is 13.3. The average molecular weight is 309 g/mol. The van der Waals surface area contributed by atoms with E-state index in [2.05, 4.69) is 5.32 Å². The third kappa shape index (κ3) is 3.97. The third-order valence-corrected chi connectivity index (χ3v) is 4.06. The Morgan fingerprint density at radius 1 is 1.10 bits per heavy atom. The summed E-state index contributed by atoms with van der Waals surface area (Å²) in [5, 5.41) is 3.12. The summed E-state index contributed by atoms with van der Waals surface area (Å²) in [5.74, 6) is -1.07. The lowest BCUT2D eigenvalue weighted by molar-refractivity contribution is -0.143. The molecular weight excluding hydrogens is 288 g/mol. The summed E-state index contributed by atoms with van der Waals surface area (Å²) in [4.78, 5) is 26.0. The van der Waals surface area contributed by atoms with E-state index in [0.29, 0.717) is 23.8 Å². The van der Waals surface area contributed by atoms with Crippen molar-refractivity contribution in [3.63, 3.8) is 0 Å². The van der Waals surface area contributed by atoms with Gasteiger partial charge in [-0.15, -0.1) is 0 Å². The highest BCUT2D eigenvalue weighted by Gasteiger charge is 2.23. The molecule has 0 aliphatic carbocycles. The lowest BCUT2D eigenvalue weighted by Gasteiger charge is -2.20. The van der Waals surface area contributed by atoms with E-state index >= 15 is 0 Å². The number of carbonyl (C=O) groups excluding carboxylic acids is 2. The average Bonchev–Trinajstić information content (AvgIpc) is 2.70. The minimum atomic E-state index is -0.606. The van der Waals surface area contributed by atoms with E-state index in [1.54, 1.807) is 11.0 Å². The molecule has 1 aromatic rings. The van der Waals surface area contributed by atoms with E-state index in [9.17, 15) is 9.59 Å². The summed E-state index contributed by atoms with van der Waals surface area (Å²) in [6, 6.07) is 3.71. The van der Waals surface area contributed by atoms with E-state index in [-0.39, 0.29) is 0 Å². The van der Waals surface area contributed by atoms with Gasteiger partial charge in [-0.3, -0.25) is 9.59 Å². The van der Waals surface area contributed by atoms with Gasteiger partial charge in [0.2, 0.25) is 0 Å². The van der Waals surface area contributed by atoms with Gasteiger partial charge in [0.1, 0.15) is 0 Å². The van der Waals surface area contributed by atoms with Gasteiger partial charge in [-0.1, -0.05) is 30.5 Å². The number of nitrogens with one attached hydrogen (secondary N) is 1. The predicted octanol–water partition coefficient (Wildman–Crippen LogP) is 3.30. The van der Waals surface area contributed by atoms with Crippen molar-refractivity contribution in [2.75, 3.05) is 18.4 Å². The smallest absolute Gasteiger partial charge is 0.313 e. The standard InChI is InChI=1S/C16H21ClN2O2/c1-11-9-12(2)14(13(17)10-11)18-15(20)16(21)19-7-5-3-4-6-8-19/h9-10H,3-8H2,1-2H3,(H,18,20).